The van der Waals surface area contributed by atoms with Gasteiger partial charge in [0.25, 0.3) is 0 Å². The zero-order chi connectivity index (χ0) is 19.1. The molecule has 0 aromatic heterocycles. The largest absolute Gasteiger partial charge is 0.372 e. The van der Waals surface area contributed by atoms with Gasteiger partial charge in [0, 0.05) is 35.2 Å². The fourth-order valence-corrected chi connectivity index (χ4v) is 2.88. The van der Waals surface area contributed by atoms with Gasteiger partial charge < -0.3 is 15.5 Å². The van der Waals surface area contributed by atoms with Crippen LogP contribution >= 0.6 is 11.6 Å². The molecule has 0 aliphatic rings. The van der Waals surface area contributed by atoms with Gasteiger partial charge in [-0.3, -0.25) is 9.59 Å². The van der Waals surface area contributed by atoms with Gasteiger partial charge in [-0.1, -0.05) is 11.6 Å². The van der Waals surface area contributed by atoms with Crippen LogP contribution in [0.5, 0.6) is 0 Å². The van der Waals surface area contributed by atoms with Crippen molar-refractivity contribution in [2.75, 3.05) is 28.6 Å². The molecule has 2 aromatic rings. The maximum absolute atomic E-state index is 12.1. The molecule has 2 rings (SSSR count). The molecular formula is C20H24ClN3O2. The number of nitrogens with zero attached hydrogens (tertiary/aromatic N) is 1. The molecule has 0 saturated heterocycles. The summed E-state index contributed by atoms with van der Waals surface area (Å²) in [7, 11) is 0. The van der Waals surface area contributed by atoms with E-state index in [0.29, 0.717) is 16.4 Å². The van der Waals surface area contributed by atoms with E-state index in [2.05, 4.69) is 29.4 Å². The first kappa shape index (κ1) is 19.8. The Morgan fingerprint density at radius 2 is 1.58 bits per heavy atom. The van der Waals surface area contributed by atoms with Gasteiger partial charge in [0.15, 0.2) is 0 Å². The number of hydrogen-bond acceptors (Lipinski definition) is 3. The van der Waals surface area contributed by atoms with Crippen molar-refractivity contribution < 1.29 is 9.59 Å². The first-order valence-corrected chi connectivity index (χ1v) is 9.01. The Labute approximate surface area is 159 Å². The molecule has 6 heteroatoms. The second kappa shape index (κ2) is 9.25. The fraction of sp³-hybridized carbons (Fsp3) is 0.300. The van der Waals surface area contributed by atoms with Crippen LogP contribution in [0.2, 0.25) is 5.02 Å². The van der Waals surface area contributed by atoms with Crippen molar-refractivity contribution in [3.8, 4) is 0 Å². The lowest BCUT2D eigenvalue weighted by Crippen LogP contribution is -2.22. The highest BCUT2D eigenvalue weighted by molar-refractivity contribution is 6.30. The van der Waals surface area contributed by atoms with E-state index in [1.165, 1.54) is 0 Å². The smallest absolute Gasteiger partial charge is 0.233 e. The highest BCUT2D eigenvalue weighted by Crippen LogP contribution is 2.20. The monoisotopic (exact) mass is 373 g/mol. The SMILES string of the molecule is CCN(CC)c1ccc(NC(=O)CC(=O)Nc2ccc(Cl)cc2C)cc1. The van der Waals surface area contributed by atoms with Crippen molar-refractivity contribution >= 4 is 40.5 Å². The summed E-state index contributed by atoms with van der Waals surface area (Å²) in [5.41, 5.74) is 3.26. The Bertz CT molecular complexity index is 771. The van der Waals surface area contributed by atoms with Crippen LogP contribution in [-0.4, -0.2) is 24.9 Å². The van der Waals surface area contributed by atoms with Gasteiger partial charge in [0.1, 0.15) is 6.42 Å². The van der Waals surface area contributed by atoms with Crippen LogP contribution in [0.15, 0.2) is 42.5 Å². The minimum atomic E-state index is -0.368. The molecular weight excluding hydrogens is 350 g/mol. The molecule has 0 fully saturated rings. The number of anilines is 3. The third kappa shape index (κ3) is 5.49. The van der Waals surface area contributed by atoms with Crippen LogP contribution in [0, 0.1) is 6.92 Å². The number of aryl methyl sites for hydroxylation is 1. The fourth-order valence-electron chi connectivity index (χ4n) is 2.66. The van der Waals surface area contributed by atoms with Crippen LogP contribution in [0.25, 0.3) is 0 Å². The molecule has 2 N–H and O–H groups in total. The third-order valence-electron chi connectivity index (χ3n) is 4.06. The molecule has 0 spiro atoms. The summed E-state index contributed by atoms with van der Waals surface area (Å²) in [6, 6.07) is 12.8. The number of rotatable bonds is 7. The Kier molecular flexibility index (Phi) is 7.04. The average molecular weight is 374 g/mol. The second-order valence-corrected chi connectivity index (χ2v) is 6.39. The first-order chi connectivity index (χ1) is 12.4. The Balaban J connectivity index is 1.90. The summed E-state index contributed by atoms with van der Waals surface area (Å²) in [5.74, 6) is -0.725. The van der Waals surface area contributed by atoms with Gasteiger partial charge in [-0.15, -0.1) is 0 Å². The van der Waals surface area contributed by atoms with Crippen molar-refractivity contribution in [2.45, 2.75) is 27.2 Å². The molecule has 0 heterocycles. The predicted molar refractivity (Wildman–Crippen MR) is 108 cm³/mol. The number of benzene rings is 2. The number of carbonyl (C=O) groups excluding carboxylic acids is 2. The summed E-state index contributed by atoms with van der Waals surface area (Å²) in [6.45, 7) is 7.89. The molecule has 26 heavy (non-hydrogen) atoms. The van der Waals surface area contributed by atoms with E-state index in [4.69, 9.17) is 11.6 Å². The second-order valence-electron chi connectivity index (χ2n) is 5.95. The number of halogens is 1. The highest BCUT2D eigenvalue weighted by Gasteiger charge is 2.11. The lowest BCUT2D eigenvalue weighted by Gasteiger charge is -2.21. The average Bonchev–Trinajstić information content (AvgIpc) is 2.60. The zero-order valence-corrected chi connectivity index (χ0v) is 16.1. The van der Waals surface area contributed by atoms with Gasteiger partial charge in [-0.05, 0) is 68.8 Å². The van der Waals surface area contributed by atoms with Gasteiger partial charge in [0.05, 0.1) is 0 Å². The van der Waals surface area contributed by atoms with Crippen molar-refractivity contribution in [1.29, 1.82) is 0 Å². The van der Waals surface area contributed by atoms with Crippen LogP contribution in [0.4, 0.5) is 17.1 Å². The van der Waals surface area contributed by atoms with Crippen LogP contribution in [-0.2, 0) is 9.59 Å². The van der Waals surface area contributed by atoms with E-state index in [9.17, 15) is 9.59 Å². The van der Waals surface area contributed by atoms with Crippen molar-refractivity contribution in [1.82, 2.24) is 0 Å². The standard InChI is InChI=1S/C20H24ClN3O2/c1-4-24(5-2)17-9-7-16(8-10-17)22-19(25)13-20(26)23-18-11-6-15(21)12-14(18)3/h6-12H,4-5,13H2,1-3H3,(H,22,25)(H,23,26). The van der Waals surface area contributed by atoms with Crippen LogP contribution < -0.4 is 15.5 Å². The highest BCUT2D eigenvalue weighted by atomic mass is 35.5. The third-order valence-corrected chi connectivity index (χ3v) is 4.30. The van der Waals surface area contributed by atoms with Crippen molar-refractivity contribution in [3.05, 3.63) is 53.1 Å². The minimum Gasteiger partial charge on any atom is -0.372 e. The summed E-state index contributed by atoms with van der Waals surface area (Å²) >= 11 is 5.90. The van der Waals surface area contributed by atoms with E-state index in [0.717, 1.165) is 24.3 Å². The van der Waals surface area contributed by atoms with Crippen molar-refractivity contribution in [3.63, 3.8) is 0 Å². The quantitative estimate of drug-likeness (QED) is 0.704. The van der Waals surface area contributed by atoms with Gasteiger partial charge in [0.2, 0.25) is 11.8 Å². The molecule has 2 aromatic carbocycles. The minimum absolute atomic E-state index is 0.250. The van der Waals surface area contributed by atoms with E-state index < -0.39 is 0 Å². The molecule has 0 atom stereocenters. The maximum Gasteiger partial charge on any atom is 0.233 e. The summed E-state index contributed by atoms with van der Waals surface area (Å²) in [4.78, 5) is 26.4. The van der Waals surface area contributed by atoms with Gasteiger partial charge in [-0.2, -0.15) is 0 Å². The molecule has 138 valence electrons. The Morgan fingerprint density at radius 1 is 0.962 bits per heavy atom. The summed E-state index contributed by atoms with van der Waals surface area (Å²) in [5, 5.41) is 6.08. The topological polar surface area (TPSA) is 61.4 Å². The summed E-state index contributed by atoms with van der Waals surface area (Å²) < 4.78 is 0. The molecule has 5 nitrogen and oxygen atoms in total. The number of nitrogens with one attached hydrogen (secondary N) is 2. The molecule has 0 bridgehead atoms. The molecule has 2 amide bonds. The van der Waals surface area contributed by atoms with Crippen LogP contribution in [0.3, 0.4) is 0 Å². The van der Waals surface area contributed by atoms with E-state index in [1.54, 1.807) is 18.2 Å². The first-order valence-electron chi connectivity index (χ1n) is 8.63. The normalized spacial score (nSPS) is 10.3. The number of amides is 2. The van der Waals surface area contributed by atoms with Gasteiger partial charge in [-0.25, -0.2) is 0 Å². The number of carbonyl (C=O) groups is 2. The Hall–Kier alpha value is -2.53. The molecule has 0 saturated carbocycles. The molecule has 0 radical (unpaired) electrons. The van der Waals surface area contributed by atoms with Gasteiger partial charge >= 0.3 is 0 Å². The predicted octanol–water partition coefficient (Wildman–Crippen LogP) is 4.46. The lowest BCUT2D eigenvalue weighted by atomic mass is 10.2. The van der Waals surface area contributed by atoms with Crippen molar-refractivity contribution in [2.24, 2.45) is 0 Å². The van der Waals surface area contributed by atoms with E-state index in [-0.39, 0.29) is 18.2 Å². The Morgan fingerprint density at radius 3 is 2.15 bits per heavy atom. The summed E-state index contributed by atoms with van der Waals surface area (Å²) in [6.07, 6.45) is -0.250. The lowest BCUT2D eigenvalue weighted by molar-refractivity contribution is -0.123. The molecule has 0 aliphatic carbocycles. The number of hydrogen-bond donors (Lipinski definition) is 2. The van der Waals surface area contributed by atoms with E-state index >= 15 is 0 Å². The van der Waals surface area contributed by atoms with Crippen LogP contribution in [0.1, 0.15) is 25.8 Å². The maximum atomic E-state index is 12.1. The van der Waals surface area contributed by atoms with E-state index in [1.807, 2.05) is 31.2 Å². The molecule has 0 unspecified atom stereocenters. The zero-order valence-electron chi connectivity index (χ0n) is 15.3. The molecule has 0 aliphatic heterocycles.